The summed E-state index contributed by atoms with van der Waals surface area (Å²) in [6.45, 7) is 3.80. The number of unbranched alkanes of at least 4 members (excludes halogenated alkanes) is 1. The van der Waals surface area contributed by atoms with Gasteiger partial charge in [-0.1, -0.05) is 13.3 Å². The van der Waals surface area contributed by atoms with Crippen LogP contribution in [0.3, 0.4) is 0 Å². The van der Waals surface area contributed by atoms with E-state index in [0.717, 1.165) is 38.8 Å². The smallest absolute Gasteiger partial charge is 0.246 e. The average Bonchev–Trinajstić information content (AvgIpc) is 2.16. The molecule has 3 N–H and O–H groups in total. The van der Waals surface area contributed by atoms with E-state index in [9.17, 15) is 4.79 Å². The molecule has 1 aliphatic carbocycles. The van der Waals surface area contributed by atoms with Crippen molar-refractivity contribution in [3.8, 4) is 0 Å². The third-order valence-electron chi connectivity index (χ3n) is 2.83. The topological polar surface area (TPSA) is 64.3 Å². The van der Waals surface area contributed by atoms with Crippen molar-refractivity contribution in [3.05, 3.63) is 0 Å². The number of amides is 1. The highest BCUT2D eigenvalue weighted by molar-refractivity contribution is 5.77. The normalized spacial score (nSPS) is 24.7. The van der Waals surface area contributed by atoms with Crippen LogP contribution in [0.25, 0.3) is 0 Å². The monoisotopic (exact) mass is 214 g/mol. The van der Waals surface area contributed by atoms with Crippen molar-refractivity contribution in [1.29, 1.82) is 0 Å². The van der Waals surface area contributed by atoms with Gasteiger partial charge in [0.2, 0.25) is 5.91 Å². The summed E-state index contributed by atoms with van der Waals surface area (Å²) in [6.07, 6.45) is 4.42. The molecule has 1 amide bonds. The summed E-state index contributed by atoms with van der Waals surface area (Å²) in [5.74, 6) is 0.609. The van der Waals surface area contributed by atoms with Gasteiger partial charge in [0.05, 0.1) is 6.10 Å². The molecule has 0 saturated heterocycles. The van der Waals surface area contributed by atoms with Crippen molar-refractivity contribution in [1.82, 2.24) is 5.32 Å². The molecule has 0 aliphatic heterocycles. The van der Waals surface area contributed by atoms with Gasteiger partial charge in [-0.05, 0) is 31.7 Å². The summed E-state index contributed by atoms with van der Waals surface area (Å²) in [5, 5.41) is 2.82. The number of carbonyl (C=O) groups is 1. The molecular weight excluding hydrogens is 192 g/mol. The van der Waals surface area contributed by atoms with E-state index < -0.39 is 0 Å². The van der Waals surface area contributed by atoms with Crippen molar-refractivity contribution in [3.63, 3.8) is 0 Å². The Bertz CT molecular complexity index is 191. The quantitative estimate of drug-likeness (QED) is 0.612. The molecule has 0 aromatic heterocycles. The number of ether oxygens (including phenoxy) is 1. The first-order valence-electron chi connectivity index (χ1n) is 5.84. The average molecular weight is 214 g/mol. The second-order valence-corrected chi connectivity index (χ2v) is 4.21. The van der Waals surface area contributed by atoms with Gasteiger partial charge < -0.3 is 15.8 Å². The van der Waals surface area contributed by atoms with E-state index >= 15 is 0 Å². The maximum atomic E-state index is 11.3. The number of rotatable bonds is 7. The van der Waals surface area contributed by atoms with Gasteiger partial charge >= 0.3 is 0 Å². The maximum absolute atomic E-state index is 11.3. The lowest BCUT2D eigenvalue weighted by atomic mass is 9.82. The van der Waals surface area contributed by atoms with E-state index in [1.54, 1.807) is 0 Å². The molecule has 0 aromatic rings. The second kappa shape index (κ2) is 6.80. The number of hydrogen-bond acceptors (Lipinski definition) is 3. The fourth-order valence-corrected chi connectivity index (χ4v) is 1.65. The number of nitrogens with one attached hydrogen (secondary N) is 1. The molecule has 0 heterocycles. The Morgan fingerprint density at radius 2 is 2.27 bits per heavy atom. The third-order valence-corrected chi connectivity index (χ3v) is 2.83. The molecule has 0 unspecified atom stereocenters. The third kappa shape index (κ3) is 4.62. The standard InChI is InChI=1S/C11H22N2O2/c1-2-3-4-13-11(14)8-15-10-5-9(6-10)7-12/h9-10H,2-8,12H2,1H3,(H,13,14). The van der Waals surface area contributed by atoms with E-state index in [0.29, 0.717) is 5.92 Å². The van der Waals surface area contributed by atoms with Crippen LogP contribution in [-0.2, 0) is 9.53 Å². The van der Waals surface area contributed by atoms with Gasteiger partial charge in [-0.25, -0.2) is 0 Å². The Morgan fingerprint density at radius 1 is 1.53 bits per heavy atom. The van der Waals surface area contributed by atoms with E-state index in [2.05, 4.69) is 12.2 Å². The minimum atomic E-state index is -0.000325. The molecule has 0 bridgehead atoms. The highest BCUT2D eigenvalue weighted by atomic mass is 16.5. The molecule has 1 rings (SSSR count). The van der Waals surface area contributed by atoms with Crippen LogP contribution >= 0.6 is 0 Å². The van der Waals surface area contributed by atoms with Gasteiger partial charge in [0.1, 0.15) is 6.61 Å². The molecule has 0 spiro atoms. The molecule has 1 aliphatic rings. The van der Waals surface area contributed by atoms with Gasteiger partial charge in [-0.15, -0.1) is 0 Å². The van der Waals surface area contributed by atoms with Crippen LogP contribution in [0.1, 0.15) is 32.6 Å². The van der Waals surface area contributed by atoms with E-state index in [1.807, 2.05) is 0 Å². The van der Waals surface area contributed by atoms with E-state index in [1.165, 1.54) is 0 Å². The Balaban J connectivity index is 1.94. The predicted molar refractivity (Wildman–Crippen MR) is 59.4 cm³/mol. The zero-order chi connectivity index (χ0) is 11.1. The predicted octanol–water partition coefficient (Wildman–Crippen LogP) is 0.657. The van der Waals surface area contributed by atoms with Gasteiger partial charge in [0, 0.05) is 6.54 Å². The number of nitrogens with two attached hydrogens (primary N) is 1. The largest absolute Gasteiger partial charge is 0.368 e. The van der Waals surface area contributed by atoms with E-state index in [-0.39, 0.29) is 18.6 Å². The Morgan fingerprint density at radius 3 is 2.87 bits per heavy atom. The molecule has 0 aromatic carbocycles. The highest BCUT2D eigenvalue weighted by Gasteiger charge is 2.28. The van der Waals surface area contributed by atoms with E-state index in [4.69, 9.17) is 10.5 Å². The van der Waals surface area contributed by atoms with Crippen molar-refractivity contribution in [2.24, 2.45) is 11.7 Å². The molecule has 4 nitrogen and oxygen atoms in total. The second-order valence-electron chi connectivity index (χ2n) is 4.21. The number of hydrogen-bond donors (Lipinski definition) is 2. The zero-order valence-electron chi connectivity index (χ0n) is 9.50. The zero-order valence-corrected chi connectivity index (χ0v) is 9.50. The van der Waals surface area contributed by atoms with Crippen LogP contribution < -0.4 is 11.1 Å². The summed E-state index contributed by atoms with van der Waals surface area (Å²) in [7, 11) is 0. The van der Waals surface area contributed by atoms with Crippen LogP contribution in [0.5, 0.6) is 0 Å². The first-order chi connectivity index (χ1) is 7.26. The molecule has 0 radical (unpaired) electrons. The molecule has 1 fully saturated rings. The maximum Gasteiger partial charge on any atom is 0.246 e. The van der Waals surface area contributed by atoms with Crippen molar-refractivity contribution >= 4 is 5.91 Å². The van der Waals surface area contributed by atoms with Crippen LogP contribution in [0.4, 0.5) is 0 Å². The lowest BCUT2D eigenvalue weighted by Crippen LogP contribution is -2.38. The van der Waals surface area contributed by atoms with Crippen LogP contribution in [0.15, 0.2) is 0 Å². The lowest BCUT2D eigenvalue weighted by molar-refractivity contribution is -0.130. The summed E-state index contributed by atoms with van der Waals surface area (Å²) in [4.78, 5) is 11.3. The van der Waals surface area contributed by atoms with Gasteiger partial charge in [-0.2, -0.15) is 0 Å². The highest BCUT2D eigenvalue weighted by Crippen LogP contribution is 2.28. The summed E-state index contributed by atoms with van der Waals surface area (Å²) >= 11 is 0. The van der Waals surface area contributed by atoms with Crippen LogP contribution in [-0.4, -0.2) is 31.7 Å². The Labute approximate surface area is 91.5 Å². The Kier molecular flexibility index (Phi) is 5.65. The summed E-state index contributed by atoms with van der Waals surface area (Å²) < 4.78 is 5.43. The van der Waals surface area contributed by atoms with Gasteiger partial charge in [0.25, 0.3) is 0 Å². The van der Waals surface area contributed by atoms with Crippen LogP contribution in [0.2, 0.25) is 0 Å². The molecule has 1 saturated carbocycles. The molecule has 88 valence electrons. The van der Waals surface area contributed by atoms with Crippen molar-refractivity contribution in [2.75, 3.05) is 19.7 Å². The lowest BCUT2D eigenvalue weighted by Gasteiger charge is -2.33. The minimum absolute atomic E-state index is 0.000325. The Hall–Kier alpha value is -0.610. The summed E-state index contributed by atoms with van der Waals surface area (Å²) in [5.41, 5.74) is 5.50. The molecule has 15 heavy (non-hydrogen) atoms. The molecule has 4 heteroatoms. The number of carbonyl (C=O) groups excluding carboxylic acids is 1. The molecular formula is C11H22N2O2. The van der Waals surface area contributed by atoms with Gasteiger partial charge in [-0.3, -0.25) is 4.79 Å². The first-order valence-corrected chi connectivity index (χ1v) is 5.84. The van der Waals surface area contributed by atoms with Gasteiger partial charge in [0.15, 0.2) is 0 Å². The fourth-order valence-electron chi connectivity index (χ4n) is 1.65. The van der Waals surface area contributed by atoms with Crippen molar-refractivity contribution < 1.29 is 9.53 Å². The SMILES string of the molecule is CCCCNC(=O)COC1CC(CN)C1. The first kappa shape index (κ1) is 12.5. The van der Waals surface area contributed by atoms with Crippen molar-refractivity contribution in [2.45, 2.75) is 38.7 Å². The van der Waals surface area contributed by atoms with Crippen LogP contribution in [0, 0.1) is 5.92 Å². The minimum Gasteiger partial charge on any atom is -0.368 e. The molecule has 0 atom stereocenters. The summed E-state index contributed by atoms with van der Waals surface area (Å²) in [6, 6.07) is 0. The fraction of sp³-hybridized carbons (Fsp3) is 0.909.